The molecule has 4 nitrogen and oxygen atoms in total. The molecule has 0 aliphatic heterocycles. The largest absolute Gasteiger partial charge is 0.497 e. The maximum Gasteiger partial charge on any atom is 0.191 e. The predicted molar refractivity (Wildman–Crippen MR) is 96.3 cm³/mol. The lowest BCUT2D eigenvalue weighted by atomic mass is 10.2. The number of methoxy groups -OCH3 is 1. The van der Waals surface area contributed by atoms with Crippen molar-refractivity contribution in [1.82, 2.24) is 5.43 Å². The Morgan fingerprint density at radius 3 is 2.50 bits per heavy atom. The number of hydrogen-bond donors (Lipinski definition) is 2. The highest BCUT2D eigenvalue weighted by Crippen LogP contribution is 2.14. The van der Waals surface area contributed by atoms with Gasteiger partial charge in [0.15, 0.2) is 5.11 Å². The van der Waals surface area contributed by atoms with Gasteiger partial charge in [0.2, 0.25) is 0 Å². The number of hydrazone groups is 1. The fourth-order valence-corrected chi connectivity index (χ4v) is 1.86. The Morgan fingerprint density at radius 2 is 1.82 bits per heavy atom. The van der Waals surface area contributed by atoms with E-state index in [0.717, 1.165) is 17.0 Å². The highest BCUT2D eigenvalue weighted by atomic mass is 32.1. The molecule has 0 saturated carbocycles. The molecule has 0 amide bonds. The van der Waals surface area contributed by atoms with Gasteiger partial charge in [-0.25, -0.2) is 0 Å². The second kappa shape index (κ2) is 8.59. The zero-order chi connectivity index (χ0) is 15.6. The quantitative estimate of drug-likeness (QED) is 0.502. The summed E-state index contributed by atoms with van der Waals surface area (Å²) in [6, 6.07) is 17.5. The zero-order valence-corrected chi connectivity index (χ0v) is 13.0. The first kappa shape index (κ1) is 15.7. The van der Waals surface area contributed by atoms with E-state index in [4.69, 9.17) is 17.0 Å². The van der Waals surface area contributed by atoms with E-state index < -0.39 is 0 Å². The Kier molecular flexibility index (Phi) is 6.14. The highest BCUT2D eigenvalue weighted by molar-refractivity contribution is 7.80. The minimum Gasteiger partial charge on any atom is -0.497 e. The van der Waals surface area contributed by atoms with Crippen LogP contribution < -0.4 is 15.5 Å². The van der Waals surface area contributed by atoms with Gasteiger partial charge in [-0.05, 0) is 48.1 Å². The minimum atomic E-state index is 0.425. The lowest BCUT2D eigenvalue weighted by Crippen LogP contribution is -2.23. The van der Waals surface area contributed by atoms with Gasteiger partial charge in [0.25, 0.3) is 0 Å². The molecule has 2 aromatic rings. The van der Waals surface area contributed by atoms with E-state index in [0.29, 0.717) is 5.11 Å². The Morgan fingerprint density at radius 1 is 1.09 bits per heavy atom. The molecule has 0 unspecified atom stereocenters. The van der Waals surface area contributed by atoms with Crippen LogP contribution in [0.25, 0.3) is 6.08 Å². The number of hydrogen-bond acceptors (Lipinski definition) is 3. The molecule has 2 aromatic carbocycles. The molecule has 0 aliphatic carbocycles. The number of nitrogens with one attached hydrogen (secondary N) is 2. The molecule has 0 spiro atoms. The lowest BCUT2D eigenvalue weighted by Gasteiger charge is -2.07. The highest BCUT2D eigenvalue weighted by Gasteiger charge is 1.96. The summed E-state index contributed by atoms with van der Waals surface area (Å²) in [6.07, 6.45) is 5.46. The molecule has 0 saturated heterocycles. The first-order chi connectivity index (χ1) is 10.8. The zero-order valence-electron chi connectivity index (χ0n) is 12.2. The van der Waals surface area contributed by atoms with E-state index in [9.17, 15) is 0 Å². The van der Waals surface area contributed by atoms with Crippen LogP contribution >= 0.6 is 12.2 Å². The van der Waals surface area contributed by atoms with Gasteiger partial charge in [0.1, 0.15) is 5.75 Å². The Balaban J connectivity index is 1.77. The minimum absolute atomic E-state index is 0.425. The van der Waals surface area contributed by atoms with Crippen molar-refractivity contribution in [3.63, 3.8) is 0 Å². The maximum absolute atomic E-state index is 5.15. The number of allylic oxidation sites excluding steroid dienone is 1. The predicted octanol–water partition coefficient (Wildman–Crippen LogP) is 3.68. The van der Waals surface area contributed by atoms with E-state index in [-0.39, 0.29) is 0 Å². The molecule has 0 aliphatic rings. The van der Waals surface area contributed by atoms with Crippen molar-refractivity contribution in [1.29, 1.82) is 0 Å². The molecular formula is C17H17N3OS. The summed E-state index contributed by atoms with van der Waals surface area (Å²) >= 11 is 5.15. The van der Waals surface area contributed by atoms with Crippen LogP contribution in [0.3, 0.4) is 0 Å². The Labute approximate surface area is 135 Å². The van der Waals surface area contributed by atoms with E-state index in [1.54, 1.807) is 13.3 Å². The van der Waals surface area contributed by atoms with Crippen molar-refractivity contribution in [3.8, 4) is 5.75 Å². The number of ether oxygens (including phenoxy) is 1. The maximum atomic E-state index is 5.15. The lowest BCUT2D eigenvalue weighted by molar-refractivity contribution is 0.415. The first-order valence-electron chi connectivity index (χ1n) is 6.74. The fraction of sp³-hybridized carbons (Fsp3) is 0.0588. The van der Waals surface area contributed by atoms with E-state index in [2.05, 4.69) is 15.8 Å². The van der Waals surface area contributed by atoms with E-state index >= 15 is 0 Å². The second-order valence-electron chi connectivity index (χ2n) is 4.34. The molecule has 0 bridgehead atoms. The number of nitrogens with zero attached hydrogens (tertiary/aromatic N) is 1. The van der Waals surface area contributed by atoms with Crippen LogP contribution in [-0.4, -0.2) is 18.4 Å². The van der Waals surface area contributed by atoms with Crippen LogP contribution in [0.2, 0.25) is 0 Å². The summed E-state index contributed by atoms with van der Waals surface area (Å²) in [7, 11) is 1.63. The third kappa shape index (κ3) is 5.38. The van der Waals surface area contributed by atoms with Crippen LogP contribution in [0.1, 0.15) is 5.56 Å². The van der Waals surface area contributed by atoms with Gasteiger partial charge in [0, 0.05) is 11.9 Å². The standard InChI is InChI=1S/C17H17N3OS/c1-21-16-11-9-15(10-12-16)19-17(22)20-18-13-5-8-14-6-3-2-4-7-14/h2-13H,1H3,(H2,19,20,22)/b8-5+,18-13-. The van der Waals surface area contributed by atoms with Gasteiger partial charge in [-0.2, -0.15) is 5.10 Å². The molecule has 0 aromatic heterocycles. The summed E-state index contributed by atoms with van der Waals surface area (Å²) in [5, 5.41) is 7.48. The SMILES string of the molecule is COc1ccc(NC(=S)N/N=C\C=C\c2ccccc2)cc1. The summed E-state index contributed by atoms with van der Waals surface area (Å²) < 4.78 is 5.10. The van der Waals surface area contributed by atoms with Crippen LogP contribution in [0.15, 0.2) is 65.8 Å². The second-order valence-corrected chi connectivity index (χ2v) is 4.75. The molecule has 0 radical (unpaired) electrons. The van der Waals surface area contributed by atoms with Gasteiger partial charge in [-0.15, -0.1) is 0 Å². The monoisotopic (exact) mass is 311 g/mol. The van der Waals surface area contributed by atoms with Crippen LogP contribution in [-0.2, 0) is 0 Å². The van der Waals surface area contributed by atoms with E-state index in [1.807, 2.05) is 66.7 Å². The molecule has 22 heavy (non-hydrogen) atoms. The Bertz CT molecular complexity index is 651. The van der Waals surface area contributed by atoms with Gasteiger partial charge >= 0.3 is 0 Å². The average Bonchev–Trinajstić information content (AvgIpc) is 2.56. The van der Waals surface area contributed by atoms with E-state index in [1.165, 1.54) is 0 Å². The van der Waals surface area contributed by atoms with Gasteiger partial charge < -0.3 is 10.1 Å². The number of rotatable bonds is 5. The molecule has 5 heteroatoms. The van der Waals surface area contributed by atoms with Crippen LogP contribution in [0.4, 0.5) is 5.69 Å². The van der Waals surface area contributed by atoms with Crippen molar-refractivity contribution in [3.05, 3.63) is 66.2 Å². The molecular weight excluding hydrogens is 294 g/mol. The van der Waals surface area contributed by atoms with Crippen LogP contribution in [0, 0.1) is 0 Å². The topological polar surface area (TPSA) is 45.6 Å². The van der Waals surface area contributed by atoms with Crippen molar-refractivity contribution in [2.75, 3.05) is 12.4 Å². The van der Waals surface area contributed by atoms with Crippen molar-refractivity contribution in [2.45, 2.75) is 0 Å². The normalized spacial score (nSPS) is 10.8. The smallest absolute Gasteiger partial charge is 0.191 e. The van der Waals surface area contributed by atoms with Crippen LogP contribution in [0.5, 0.6) is 5.75 Å². The molecule has 0 heterocycles. The van der Waals surface area contributed by atoms with Gasteiger partial charge in [0.05, 0.1) is 7.11 Å². The number of anilines is 1. The summed E-state index contributed by atoms with van der Waals surface area (Å²) in [6.45, 7) is 0. The Hall–Kier alpha value is -2.66. The van der Waals surface area contributed by atoms with Crippen molar-refractivity contribution < 1.29 is 4.74 Å². The first-order valence-corrected chi connectivity index (χ1v) is 7.14. The summed E-state index contributed by atoms with van der Waals surface area (Å²) in [4.78, 5) is 0. The van der Waals surface area contributed by atoms with Crippen molar-refractivity contribution >= 4 is 35.3 Å². The molecule has 112 valence electrons. The molecule has 0 atom stereocenters. The van der Waals surface area contributed by atoms with Gasteiger partial charge in [-0.3, -0.25) is 5.43 Å². The number of benzene rings is 2. The number of thiocarbonyl (C=S) groups is 1. The average molecular weight is 311 g/mol. The fourth-order valence-electron chi connectivity index (χ4n) is 1.69. The van der Waals surface area contributed by atoms with Crippen molar-refractivity contribution in [2.24, 2.45) is 5.10 Å². The van der Waals surface area contributed by atoms with Gasteiger partial charge in [-0.1, -0.05) is 36.4 Å². The molecule has 2 N–H and O–H groups in total. The molecule has 0 fully saturated rings. The summed E-state index contributed by atoms with van der Waals surface area (Å²) in [5.41, 5.74) is 4.74. The third-order valence-corrected chi connectivity index (χ3v) is 2.96. The third-order valence-electron chi connectivity index (χ3n) is 2.76. The molecule has 2 rings (SSSR count). The summed E-state index contributed by atoms with van der Waals surface area (Å²) in [5.74, 6) is 0.800.